The lowest BCUT2D eigenvalue weighted by atomic mass is 10.1. The summed E-state index contributed by atoms with van der Waals surface area (Å²) in [7, 11) is 3.15. The van der Waals surface area contributed by atoms with Gasteiger partial charge >= 0.3 is 6.09 Å². The van der Waals surface area contributed by atoms with E-state index in [4.69, 9.17) is 14.2 Å². The van der Waals surface area contributed by atoms with E-state index in [0.717, 1.165) is 16.8 Å². The highest BCUT2D eigenvalue weighted by atomic mass is 16.6. The number of amides is 2. The first-order chi connectivity index (χ1) is 13.6. The standard InChI is InChI=1S/C21H22N2O5/c1-26-18-11-15(12-19(13-18)27-2)6-7-20(24)22-14-16-4-3-5-17(10-16)23-8-9-28-21(23)25/h3-7,10-13H,8-9,14H2,1-2H3,(H,22,24). The Morgan fingerprint density at radius 2 is 1.93 bits per heavy atom. The molecule has 3 rings (SSSR count). The molecule has 7 heteroatoms. The molecule has 1 heterocycles. The van der Waals surface area contributed by atoms with Crippen molar-refractivity contribution < 1.29 is 23.8 Å². The quantitative estimate of drug-likeness (QED) is 0.745. The van der Waals surface area contributed by atoms with Gasteiger partial charge in [0.2, 0.25) is 5.91 Å². The summed E-state index contributed by atoms with van der Waals surface area (Å²) in [6, 6.07) is 12.8. The summed E-state index contributed by atoms with van der Waals surface area (Å²) in [5.74, 6) is 1.07. The maximum Gasteiger partial charge on any atom is 0.414 e. The van der Waals surface area contributed by atoms with Crippen molar-refractivity contribution in [2.45, 2.75) is 6.54 Å². The maximum atomic E-state index is 12.1. The summed E-state index contributed by atoms with van der Waals surface area (Å²) in [6.45, 7) is 1.27. The fourth-order valence-corrected chi connectivity index (χ4v) is 2.81. The van der Waals surface area contributed by atoms with Crippen LogP contribution >= 0.6 is 0 Å². The van der Waals surface area contributed by atoms with Crippen LogP contribution in [-0.4, -0.2) is 39.4 Å². The molecule has 1 saturated heterocycles. The highest BCUT2D eigenvalue weighted by Gasteiger charge is 2.23. The average Bonchev–Trinajstić information content (AvgIpc) is 3.16. The van der Waals surface area contributed by atoms with Gasteiger partial charge in [0, 0.05) is 24.4 Å². The van der Waals surface area contributed by atoms with Crippen LogP contribution in [0.1, 0.15) is 11.1 Å². The summed E-state index contributed by atoms with van der Waals surface area (Å²) in [6.07, 6.45) is 2.80. The third-order valence-corrected chi connectivity index (χ3v) is 4.25. The molecule has 0 saturated carbocycles. The molecule has 0 radical (unpaired) electrons. The molecule has 1 fully saturated rings. The Bertz CT molecular complexity index is 872. The molecule has 0 atom stereocenters. The van der Waals surface area contributed by atoms with Crippen molar-refractivity contribution in [3.05, 3.63) is 59.7 Å². The van der Waals surface area contributed by atoms with Gasteiger partial charge in [-0.25, -0.2) is 4.79 Å². The highest BCUT2D eigenvalue weighted by Crippen LogP contribution is 2.23. The van der Waals surface area contributed by atoms with Crippen molar-refractivity contribution in [2.75, 3.05) is 32.3 Å². The van der Waals surface area contributed by atoms with Crippen molar-refractivity contribution in [1.29, 1.82) is 0 Å². The van der Waals surface area contributed by atoms with E-state index in [0.29, 0.717) is 31.2 Å². The fraction of sp³-hybridized carbons (Fsp3) is 0.238. The van der Waals surface area contributed by atoms with Gasteiger partial charge < -0.3 is 19.5 Å². The summed E-state index contributed by atoms with van der Waals surface area (Å²) < 4.78 is 15.4. The third kappa shape index (κ3) is 4.82. The minimum atomic E-state index is -0.349. The van der Waals surface area contributed by atoms with Gasteiger partial charge in [-0.15, -0.1) is 0 Å². The molecule has 2 aromatic carbocycles. The Kier molecular flexibility index (Phi) is 6.16. The van der Waals surface area contributed by atoms with E-state index in [9.17, 15) is 9.59 Å². The molecule has 1 aliphatic rings. The molecule has 7 nitrogen and oxygen atoms in total. The first-order valence-corrected chi connectivity index (χ1v) is 8.81. The Morgan fingerprint density at radius 3 is 2.57 bits per heavy atom. The van der Waals surface area contributed by atoms with Gasteiger partial charge in [0.05, 0.1) is 20.8 Å². The Morgan fingerprint density at radius 1 is 1.18 bits per heavy atom. The molecule has 1 N–H and O–H groups in total. The number of carbonyl (C=O) groups excluding carboxylic acids is 2. The molecular weight excluding hydrogens is 360 g/mol. The summed E-state index contributed by atoms with van der Waals surface area (Å²) in [5.41, 5.74) is 2.44. The number of anilines is 1. The van der Waals surface area contributed by atoms with E-state index in [1.165, 1.54) is 6.08 Å². The van der Waals surface area contributed by atoms with Gasteiger partial charge in [0.25, 0.3) is 0 Å². The van der Waals surface area contributed by atoms with Gasteiger partial charge in [-0.1, -0.05) is 12.1 Å². The number of hydrogen-bond donors (Lipinski definition) is 1. The number of cyclic esters (lactones) is 1. The zero-order valence-corrected chi connectivity index (χ0v) is 15.8. The van der Waals surface area contributed by atoms with Crippen molar-refractivity contribution in [2.24, 2.45) is 0 Å². The molecule has 146 valence electrons. The van der Waals surface area contributed by atoms with E-state index >= 15 is 0 Å². The maximum absolute atomic E-state index is 12.1. The van der Waals surface area contributed by atoms with Crippen LogP contribution in [0, 0.1) is 0 Å². The van der Waals surface area contributed by atoms with E-state index in [1.807, 2.05) is 36.4 Å². The predicted octanol–water partition coefficient (Wildman–Crippen LogP) is 2.99. The van der Waals surface area contributed by atoms with Gasteiger partial charge in [0.1, 0.15) is 18.1 Å². The normalized spacial score (nSPS) is 13.5. The minimum Gasteiger partial charge on any atom is -0.497 e. The first-order valence-electron chi connectivity index (χ1n) is 8.81. The van der Waals surface area contributed by atoms with Crippen LogP contribution in [0.5, 0.6) is 11.5 Å². The topological polar surface area (TPSA) is 77.1 Å². The van der Waals surface area contributed by atoms with Crippen LogP contribution in [0.3, 0.4) is 0 Å². The van der Waals surface area contributed by atoms with Crippen LogP contribution in [0.4, 0.5) is 10.5 Å². The molecule has 1 aliphatic heterocycles. The van der Waals surface area contributed by atoms with Crippen molar-refractivity contribution in [1.82, 2.24) is 5.32 Å². The Balaban J connectivity index is 1.60. The molecule has 0 bridgehead atoms. The van der Waals surface area contributed by atoms with Crippen LogP contribution in [0.2, 0.25) is 0 Å². The van der Waals surface area contributed by atoms with Gasteiger partial charge in [0.15, 0.2) is 0 Å². The second-order valence-corrected chi connectivity index (χ2v) is 6.13. The number of nitrogens with zero attached hydrogens (tertiary/aromatic N) is 1. The SMILES string of the molecule is COc1cc(C=CC(=O)NCc2cccc(N3CCOC3=O)c2)cc(OC)c1. The van der Waals surface area contributed by atoms with Gasteiger partial charge in [-0.05, 0) is 41.5 Å². The smallest absolute Gasteiger partial charge is 0.414 e. The molecule has 0 aliphatic carbocycles. The molecule has 0 aromatic heterocycles. The number of ether oxygens (including phenoxy) is 3. The number of rotatable bonds is 7. The second kappa shape index (κ2) is 8.94. The fourth-order valence-electron chi connectivity index (χ4n) is 2.81. The monoisotopic (exact) mass is 382 g/mol. The second-order valence-electron chi connectivity index (χ2n) is 6.13. The largest absolute Gasteiger partial charge is 0.497 e. The van der Waals surface area contributed by atoms with Gasteiger partial charge in [-0.3, -0.25) is 9.69 Å². The van der Waals surface area contributed by atoms with Gasteiger partial charge in [-0.2, -0.15) is 0 Å². The predicted molar refractivity (Wildman–Crippen MR) is 106 cm³/mol. The number of nitrogens with one attached hydrogen (secondary N) is 1. The molecule has 0 unspecified atom stereocenters. The van der Waals surface area contributed by atoms with Crippen LogP contribution in [0.15, 0.2) is 48.5 Å². The number of hydrogen-bond acceptors (Lipinski definition) is 5. The van der Waals surface area contributed by atoms with E-state index in [-0.39, 0.29) is 12.0 Å². The molecular formula is C21H22N2O5. The molecule has 28 heavy (non-hydrogen) atoms. The summed E-state index contributed by atoms with van der Waals surface area (Å²) in [5, 5.41) is 2.83. The lowest BCUT2D eigenvalue weighted by Gasteiger charge is -2.13. The number of benzene rings is 2. The zero-order chi connectivity index (χ0) is 19.9. The first kappa shape index (κ1) is 19.3. The summed E-state index contributed by atoms with van der Waals surface area (Å²) in [4.78, 5) is 25.4. The van der Waals surface area contributed by atoms with Crippen LogP contribution < -0.4 is 19.7 Å². The summed E-state index contributed by atoms with van der Waals surface area (Å²) >= 11 is 0. The van der Waals surface area contributed by atoms with Crippen molar-refractivity contribution in [3.8, 4) is 11.5 Å². The minimum absolute atomic E-state index is 0.229. The lowest BCUT2D eigenvalue weighted by Crippen LogP contribution is -2.24. The van der Waals surface area contributed by atoms with Crippen molar-refractivity contribution >= 4 is 23.8 Å². The average molecular weight is 382 g/mol. The molecule has 2 amide bonds. The van der Waals surface area contributed by atoms with E-state index in [1.54, 1.807) is 31.3 Å². The number of carbonyl (C=O) groups is 2. The Labute approximate surface area is 163 Å². The van der Waals surface area contributed by atoms with E-state index < -0.39 is 0 Å². The third-order valence-electron chi connectivity index (χ3n) is 4.25. The lowest BCUT2D eigenvalue weighted by molar-refractivity contribution is -0.116. The highest BCUT2D eigenvalue weighted by molar-refractivity contribution is 5.92. The van der Waals surface area contributed by atoms with Crippen molar-refractivity contribution in [3.63, 3.8) is 0 Å². The number of methoxy groups -OCH3 is 2. The molecule has 0 spiro atoms. The molecule has 2 aromatic rings. The van der Waals surface area contributed by atoms with E-state index in [2.05, 4.69) is 5.32 Å². The van der Waals surface area contributed by atoms with Crippen LogP contribution in [-0.2, 0) is 16.1 Å². The van der Waals surface area contributed by atoms with Crippen LogP contribution in [0.25, 0.3) is 6.08 Å². The Hall–Kier alpha value is -3.48. The zero-order valence-electron chi connectivity index (χ0n) is 15.8.